The van der Waals surface area contributed by atoms with Crippen LogP contribution in [0.2, 0.25) is 5.02 Å². The number of nitrogens with zero attached hydrogens (tertiary/aromatic N) is 2. The smallest absolute Gasteiger partial charge is 0.246 e. The lowest BCUT2D eigenvalue weighted by Gasteiger charge is -2.56. The molecule has 2 aliphatic heterocycles. The summed E-state index contributed by atoms with van der Waals surface area (Å²) in [5, 5.41) is 5.01. The van der Waals surface area contributed by atoms with Gasteiger partial charge in [0.1, 0.15) is 11.6 Å². The van der Waals surface area contributed by atoms with Crippen molar-refractivity contribution in [3.8, 4) is 0 Å². The van der Waals surface area contributed by atoms with Crippen LogP contribution in [0.5, 0.6) is 0 Å². The van der Waals surface area contributed by atoms with Crippen molar-refractivity contribution in [2.75, 3.05) is 13.1 Å². The second-order valence-electron chi connectivity index (χ2n) is 10.3. The second kappa shape index (κ2) is 8.99. The average molecular weight is 491 g/mol. The van der Waals surface area contributed by atoms with Crippen LogP contribution < -0.4 is 5.32 Å². The van der Waals surface area contributed by atoms with Crippen LogP contribution in [0, 0.1) is 0 Å². The summed E-state index contributed by atoms with van der Waals surface area (Å²) in [5.74, 6) is 0.116. The summed E-state index contributed by atoms with van der Waals surface area (Å²) in [6.45, 7) is 2.41. The molecule has 0 bridgehead atoms. The molecule has 3 aliphatic rings. The summed E-state index contributed by atoms with van der Waals surface area (Å²) in [4.78, 5) is 35.3. The molecule has 6 rings (SSSR count). The fraction of sp³-hybridized carbons (Fsp3) is 0.429. The lowest BCUT2D eigenvalue weighted by molar-refractivity contribution is -0.168. The summed E-state index contributed by atoms with van der Waals surface area (Å²) in [7, 11) is 0. The molecule has 6 nitrogen and oxygen atoms in total. The van der Waals surface area contributed by atoms with Crippen molar-refractivity contribution in [2.45, 2.75) is 62.7 Å². The van der Waals surface area contributed by atoms with Gasteiger partial charge in [0, 0.05) is 54.2 Å². The topological polar surface area (TPSA) is 68.4 Å². The Bertz CT molecular complexity index is 1240. The molecule has 7 heteroatoms. The summed E-state index contributed by atoms with van der Waals surface area (Å²) in [5.41, 5.74) is 2.61. The van der Waals surface area contributed by atoms with E-state index in [2.05, 4.69) is 33.4 Å². The molecule has 1 saturated carbocycles. The molecule has 3 fully saturated rings. The summed E-state index contributed by atoms with van der Waals surface area (Å²) in [6.07, 6.45) is 6.95. The van der Waals surface area contributed by atoms with Gasteiger partial charge in [-0.15, -0.1) is 0 Å². The molecule has 1 aliphatic carbocycles. The number of fused-ring (bicyclic) bond motifs is 1. The van der Waals surface area contributed by atoms with Gasteiger partial charge in [-0.25, -0.2) is 0 Å². The zero-order chi connectivity index (χ0) is 24.0. The van der Waals surface area contributed by atoms with Gasteiger partial charge in [-0.1, -0.05) is 41.9 Å². The minimum atomic E-state index is -0.727. The number of piperidine rings is 1. The van der Waals surface area contributed by atoms with Crippen molar-refractivity contribution >= 4 is 34.3 Å². The zero-order valence-electron chi connectivity index (χ0n) is 19.8. The summed E-state index contributed by atoms with van der Waals surface area (Å²) < 4.78 is 0. The first-order chi connectivity index (χ1) is 17.0. The number of hydrogen-bond acceptors (Lipinski definition) is 3. The number of aromatic nitrogens is 1. The average Bonchev–Trinajstić information content (AvgIpc) is 3.24. The Kier molecular flexibility index (Phi) is 5.81. The molecule has 1 spiro atoms. The van der Waals surface area contributed by atoms with E-state index >= 15 is 0 Å². The summed E-state index contributed by atoms with van der Waals surface area (Å²) in [6, 6.07) is 15.7. The molecule has 1 aromatic heterocycles. The molecule has 3 aromatic rings. The summed E-state index contributed by atoms with van der Waals surface area (Å²) >= 11 is 6.03. The fourth-order valence-corrected chi connectivity index (χ4v) is 6.20. The van der Waals surface area contributed by atoms with Crippen molar-refractivity contribution in [1.29, 1.82) is 0 Å². The van der Waals surface area contributed by atoms with Gasteiger partial charge in [0.05, 0.1) is 0 Å². The second-order valence-corrected chi connectivity index (χ2v) is 10.8. The van der Waals surface area contributed by atoms with Crippen LogP contribution in [0.15, 0.2) is 54.7 Å². The molecule has 182 valence electrons. The number of para-hydroxylation sites is 1. The van der Waals surface area contributed by atoms with E-state index in [0.717, 1.165) is 60.4 Å². The van der Waals surface area contributed by atoms with E-state index in [0.29, 0.717) is 19.3 Å². The van der Waals surface area contributed by atoms with E-state index in [-0.39, 0.29) is 17.9 Å². The highest BCUT2D eigenvalue weighted by Crippen LogP contribution is 2.40. The number of hydrogen-bond donors (Lipinski definition) is 2. The number of rotatable bonds is 5. The number of nitrogens with one attached hydrogen (secondary N) is 2. The van der Waals surface area contributed by atoms with Crippen LogP contribution >= 0.6 is 11.6 Å². The molecule has 0 unspecified atom stereocenters. The Hall–Kier alpha value is -2.83. The van der Waals surface area contributed by atoms with Crippen LogP contribution in [0.4, 0.5) is 0 Å². The van der Waals surface area contributed by atoms with Gasteiger partial charge < -0.3 is 15.2 Å². The van der Waals surface area contributed by atoms with Gasteiger partial charge in [-0.2, -0.15) is 0 Å². The number of halogens is 1. The Balaban J connectivity index is 1.21. The SMILES string of the molecule is O=C1[C@@H](Cc2c[nH]c3ccccc23)NC(=O)C2(CCN(Cc3ccc(Cl)cc3)CC2)N1C1CCC1. The minimum absolute atomic E-state index is 0.0278. The van der Waals surface area contributed by atoms with Gasteiger partial charge in [0.2, 0.25) is 11.8 Å². The van der Waals surface area contributed by atoms with Crippen LogP contribution in [-0.4, -0.2) is 57.3 Å². The number of likely N-dealkylation sites (tertiary alicyclic amines) is 1. The van der Waals surface area contributed by atoms with E-state index in [9.17, 15) is 9.59 Å². The maximum absolute atomic E-state index is 13.9. The van der Waals surface area contributed by atoms with Crippen LogP contribution in [0.1, 0.15) is 43.2 Å². The molecule has 3 heterocycles. The lowest BCUT2D eigenvalue weighted by Crippen LogP contribution is -2.75. The number of carbonyl (C=O) groups excluding carboxylic acids is 2. The molecular weight excluding hydrogens is 460 g/mol. The van der Waals surface area contributed by atoms with Crippen LogP contribution in [-0.2, 0) is 22.6 Å². The van der Waals surface area contributed by atoms with E-state index in [1.807, 2.05) is 41.4 Å². The third-order valence-corrected chi connectivity index (χ3v) is 8.52. The van der Waals surface area contributed by atoms with E-state index in [4.69, 9.17) is 11.6 Å². The van der Waals surface area contributed by atoms with Gasteiger partial charge >= 0.3 is 0 Å². The van der Waals surface area contributed by atoms with Gasteiger partial charge in [-0.3, -0.25) is 14.5 Å². The minimum Gasteiger partial charge on any atom is -0.361 e. The molecular formula is C28H31ClN4O2. The number of piperazine rings is 1. The van der Waals surface area contributed by atoms with Crippen molar-refractivity contribution in [1.82, 2.24) is 20.1 Å². The highest BCUT2D eigenvalue weighted by Gasteiger charge is 2.56. The normalized spacial score (nSPS) is 23.0. The molecule has 2 aromatic carbocycles. The Morgan fingerprint density at radius 2 is 1.74 bits per heavy atom. The molecule has 2 saturated heterocycles. The fourth-order valence-electron chi connectivity index (χ4n) is 6.07. The maximum Gasteiger partial charge on any atom is 0.246 e. The largest absolute Gasteiger partial charge is 0.361 e. The third-order valence-electron chi connectivity index (χ3n) is 8.27. The Morgan fingerprint density at radius 1 is 1.00 bits per heavy atom. The lowest BCUT2D eigenvalue weighted by atomic mass is 9.77. The number of H-pyrrole nitrogens is 1. The van der Waals surface area contributed by atoms with Crippen LogP contribution in [0.3, 0.4) is 0 Å². The first-order valence-electron chi connectivity index (χ1n) is 12.7. The van der Waals surface area contributed by atoms with Crippen molar-refractivity contribution in [3.63, 3.8) is 0 Å². The maximum atomic E-state index is 13.9. The quantitative estimate of drug-likeness (QED) is 0.561. The first kappa shape index (κ1) is 22.6. The molecule has 0 radical (unpaired) electrons. The Labute approximate surface area is 210 Å². The predicted molar refractivity (Wildman–Crippen MR) is 137 cm³/mol. The van der Waals surface area contributed by atoms with E-state index in [1.165, 1.54) is 5.56 Å². The number of carbonyl (C=O) groups is 2. The van der Waals surface area contributed by atoms with Crippen LogP contribution in [0.25, 0.3) is 10.9 Å². The number of aromatic amines is 1. The highest BCUT2D eigenvalue weighted by atomic mass is 35.5. The number of benzene rings is 2. The highest BCUT2D eigenvalue weighted by molar-refractivity contribution is 6.30. The predicted octanol–water partition coefficient (Wildman–Crippen LogP) is 4.28. The van der Waals surface area contributed by atoms with E-state index in [1.54, 1.807) is 0 Å². The zero-order valence-corrected chi connectivity index (χ0v) is 20.6. The van der Waals surface area contributed by atoms with Gasteiger partial charge in [0.15, 0.2) is 0 Å². The van der Waals surface area contributed by atoms with E-state index < -0.39 is 11.6 Å². The molecule has 2 amide bonds. The monoisotopic (exact) mass is 490 g/mol. The Morgan fingerprint density at radius 3 is 2.46 bits per heavy atom. The van der Waals surface area contributed by atoms with Crippen molar-refractivity contribution < 1.29 is 9.59 Å². The standard InChI is InChI=1S/C28H31ClN4O2/c29-21-10-8-19(9-11-21)18-32-14-12-28(13-15-32)27(35)31-25(26(34)33(28)22-4-3-5-22)16-20-17-30-24-7-2-1-6-23(20)24/h1-2,6-11,17,22,25,30H,3-5,12-16,18H2,(H,31,35)/t25-/m1/s1. The van der Waals surface area contributed by atoms with Gasteiger partial charge in [-0.05, 0) is 61.4 Å². The van der Waals surface area contributed by atoms with Crippen molar-refractivity contribution in [3.05, 3.63) is 70.9 Å². The number of amides is 2. The first-order valence-corrected chi connectivity index (χ1v) is 13.1. The molecule has 35 heavy (non-hydrogen) atoms. The van der Waals surface area contributed by atoms with Crippen molar-refractivity contribution in [2.24, 2.45) is 0 Å². The van der Waals surface area contributed by atoms with Gasteiger partial charge in [0.25, 0.3) is 0 Å². The third kappa shape index (κ3) is 4.03. The molecule has 2 N–H and O–H groups in total. The molecule has 1 atom stereocenters.